The largest absolute Gasteiger partial charge is 0.416 e. The second kappa shape index (κ2) is 6.69. The van der Waals surface area contributed by atoms with E-state index in [2.05, 4.69) is 0 Å². The number of halogens is 4. The van der Waals surface area contributed by atoms with Gasteiger partial charge in [-0.25, -0.2) is 0 Å². The number of carbonyl (C=O) groups is 1. The third-order valence-corrected chi connectivity index (χ3v) is 5.25. The summed E-state index contributed by atoms with van der Waals surface area (Å²) in [5, 5.41) is 0.104. The van der Waals surface area contributed by atoms with E-state index in [1.54, 1.807) is 35.2 Å². The highest BCUT2D eigenvalue weighted by Gasteiger charge is 2.34. The van der Waals surface area contributed by atoms with Crippen LogP contribution in [-0.4, -0.2) is 23.1 Å². The molecule has 126 valence electrons. The van der Waals surface area contributed by atoms with Crippen LogP contribution in [0.3, 0.4) is 0 Å². The first kappa shape index (κ1) is 17.2. The summed E-state index contributed by atoms with van der Waals surface area (Å²) in [4.78, 5) is 14.3. The molecule has 0 saturated carbocycles. The molecular weight excluding hydrogens is 359 g/mol. The molecule has 0 bridgehead atoms. The highest BCUT2D eigenvalue weighted by molar-refractivity contribution is 7.99. The van der Waals surface area contributed by atoms with Crippen molar-refractivity contribution >= 4 is 29.3 Å². The van der Waals surface area contributed by atoms with Crippen LogP contribution >= 0.6 is 23.4 Å². The Labute approximate surface area is 146 Å². The van der Waals surface area contributed by atoms with Crippen LogP contribution in [0.5, 0.6) is 0 Å². The van der Waals surface area contributed by atoms with Gasteiger partial charge in [0.05, 0.1) is 5.56 Å². The first-order valence-corrected chi connectivity index (χ1v) is 8.64. The van der Waals surface area contributed by atoms with E-state index in [4.69, 9.17) is 11.6 Å². The second-order valence-electron chi connectivity index (χ2n) is 5.35. The minimum atomic E-state index is -4.40. The highest BCUT2D eigenvalue weighted by Crippen LogP contribution is 2.40. The average Bonchev–Trinajstić information content (AvgIpc) is 3.04. The average molecular weight is 372 g/mol. The number of amides is 1. The molecule has 2 nitrogen and oxygen atoms in total. The Bertz CT molecular complexity index is 748. The van der Waals surface area contributed by atoms with Crippen LogP contribution in [0, 0.1) is 0 Å². The maximum atomic E-state index is 12.9. The number of hydrogen-bond donors (Lipinski definition) is 0. The van der Waals surface area contributed by atoms with Crippen molar-refractivity contribution in [3.63, 3.8) is 0 Å². The van der Waals surface area contributed by atoms with E-state index < -0.39 is 17.1 Å². The lowest BCUT2D eigenvalue weighted by Crippen LogP contribution is -2.30. The van der Waals surface area contributed by atoms with E-state index in [-0.39, 0.29) is 5.91 Å². The number of carbonyl (C=O) groups excluding carboxylic acids is 1. The zero-order valence-electron chi connectivity index (χ0n) is 12.4. The first-order chi connectivity index (χ1) is 11.4. The summed E-state index contributed by atoms with van der Waals surface area (Å²) in [6, 6.07) is 11.6. The third kappa shape index (κ3) is 3.54. The summed E-state index contributed by atoms with van der Waals surface area (Å²) in [6.45, 7) is 0.493. The Balaban J connectivity index is 1.88. The van der Waals surface area contributed by atoms with Gasteiger partial charge in [-0.1, -0.05) is 23.7 Å². The lowest BCUT2D eigenvalue weighted by Gasteiger charge is -2.25. The Morgan fingerprint density at radius 1 is 1.17 bits per heavy atom. The zero-order valence-corrected chi connectivity index (χ0v) is 14.0. The zero-order chi connectivity index (χ0) is 17.3. The Morgan fingerprint density at radius 2 is 1.88 bits per heavy atom. The van der Waals surface area contributed by atoms with Crippen LogP contribution in [0.4, 0.5) is 13.2 Å². The van der Waals surface area contributed by atoms with E-state index in [0.717, 1.165) is 12.1 Å². The predicted molar refractivity (Wildman–Crippen MR) is 89.1 cm³/mol. The van der Waals surface area contributed by atoms with E-state index in [9.17, 15) is 18.0 Å². The van der Waals surface area contributed by atoms with Crippen LogP contribution in [0.2, 0.25) is 5.02 Å². The fraction of sp³-hybridized carbons (Fsp3) is 0.235. The van der Waals surface area contributed by atoms with E-state index in [1.165, 1.54) is 17.8 Å². The van der Waals surface area contributed by atoms with Crippen LogP contribution in [-0.2, 0) is 6.18 Å². The van der Waals surface area contributed by atoms with Gasteiger partial charge in [-0.3, -0.25) is 4.79 Å². The number of hydrogen-bond acceptors (Lipinski definition) is 2. The molecular formula is C17H13ClF3NOS. The monoisotopic (exact) mass is 371 g/mol. The van der Waals surface area contributed by atoms with Crippen molar-refractivity contribution in [1.82, 2.24) is 4.90 Å². The summed E-state index contributed by atoms with van der Waals surface area (Å²) in [5.74, 6) is 0.472. The summed E-state index contributed by atoms with van der Waals surface area (Å²) in [6.07, 6.45) is -4.40. The second-order valence-corrected chi connectivity index (χ2v) is 6.98. The molecule has 1 amide bonds. The predicted octanol–water partition coefficient (Wildman–Crippen LogP) is 5.25. The smallest absolute Gasteiger partial charge is 0.322 e. The third-order valence-electron chi connectivity index (χ3n) is 3.74. The van der Waals surface area contributed by atoms with Gasteiger partial charge < -0.3 is 4.90 Å². The maximum absolute atomic E-state index is 12.9. The van der Waals surface area contributed by atoms with Gasteiger partial charge in [-0.2, -0.15) is 13.2 Å². The molecule has 7 heteroatoms. The number of alkyl halides is 3. The molecule has 24 heavy (non-hydrogen) atoms. The van der Waals surface area contributed by atoms with Crippen molar-refractivity contribution in [3.8, 4) is 0 Å². The number of benzene rings is 2. The van der Waals surface area contributed by atoms with Gasteiger partial charge in [0.2, 0.25) is 0 Å². The number of rotatable bonds is 2. The summed E-state index contributed by atoms with van der Waals surface area (Å²) in [7, 11) is 0. The molecule has 0 aliphatic carbocycles. The normalized spacial score (nSPS) is 18.0. The Kier molecular flexibility index (Phi) is 4.78. The molecule has 1 atom stereocenters. The Morgan fingerprint density at radius 3 is 2.54 bits per heavy atom. The molecule has 0 N–H and O–H groups in total. The molecule has 1 aliphatic heterocycles. The van der Waals surface area contributed by atoms with Crippen LogP contribution in [0.25, 0.3) is 0 Å². The van der Waals surface area contributed by atoms with Crippen LogP contribution in [0.1, 0.15) is 26.9 Å². The van der Waals surface area contributed by atoms with Crippen molar-refractivity contribution in [1.29, 1.82) is 0 Å². The van der Waals surface area contributed by atoms with Crippen LogP contribution in [0.15, 0.2) is 48.5 Å². The lowest BCUT2D eigenvalue weighted by molar-refractivity contribution is -0.137. The molecule has 0 spiro atoms. The minimum Gasteiger partial charge on any atom is -0.322 e. The maximum Gasteiger partial charge on any atom is 0.416 e. The summed E-state index contributed by atoms with van der Waals surface area (Å²) in [5.41, 5.74) is 0.250. The van der Waals surface area contributed by atoms with E-state index >= 15 is 0 Å². The van der Waals surface area contributed by atoms with Gasteiger partial charge in [0.25, 0.3) is 5.91 Å². The molecule has 1 saturated heterocycles. The molecule has 1 heterocycles. The van der Waals surface area contributed by atoms with Crippen molar-refractivity contribution in [3.05, 3.63) is 70.2 Å². The molecule has 0 radical (unpaired) electrons. The molecule has 3 rings (SSSR count). The van der Waals surface area contributed by atoms with Gasteiger partial charge in [0.1, 0.15) is 5.37 Å². The topological polar surface area (TPSA) is 20.3 Å². The van der Waals surface area contributed by atoms with E-state index in [0.29, 0.717) is 28.4 Å². The lowest BCUT2D eigenvalue weighted by atomic mass is 10.1. The number of nitrogens with zero attached hydrogens (tertiary/aromatic N) is 1. The Hall–Kier alpha value is -1.66. The minimum absolute atomic E-state index is 0.209. The number of thioether (sulfide) groups is 1. The molecule has 2 aromatic rings. The van der Waals surface area contributed by atoms with E-state index in [1.807, 2.05) is 0 Å². The van der Waals surface area contributed by atoms with Crippen molar-refractivity contribution < 1.29 is 18.0 Å². The van der Waals surface area contributed by atoms with Gasteiger partial charge in [0, 0.05) is 22.9 Å². The van der Waals surface area contributed by atoms with Crippen molar-refractivity contribution in [2.75, 3.05) is 12.3 Å². The highest BCUT2D eigenvalue weighted by atomic mass is 35.5. The fourth-order valence-corrected chi connectivity index (χ4v) is 3.95. The molecule has 2 aromatic carbocycles. The molecule has 1 aliphatic rings. The van der Waals surface area contributed by atoms with Gasteiger partial charge >= 0.3 is 6.18 Å². The summed E-state index contributed by atoms with van der Waals surface area (Å²) >= 11 is 7.29. The SMILES string of the molecule is O=C(c1ccc(Cl)cc1)N1CCS[C@@H]1c1cccc(C(F)(F)F)c1. The molecule has 0 aromatic heterocycles. The molecule has 0 unspecified atom stereocenters. The fourth-order valence-electron chi connectivity index (χ4n) is 2.58. The van der Waals surface area contributed by atoms with Gasteiger partial charge in [0.15, 0.2) is 0 Å². The summed E-state index contributed by atoms with van der Waals surface area (Å²) < 4.78 is 38.7. The van der Waals surface area contributed by atoms with Crippen molar-refractivity contribution in [2.45, 2.75) is 11.6 Å². The van der Waals surface area contributed by atoms with Gasteiger partial charge in [-0.05, 0) is 42.0 Å². The van der Waals surface area contributed by atoms with Crippen molar-refractivity contribution in [2.24, 2.45) is 0 Å². The van der Waals surface area contributed by atoms with Crippen LogP contribution < -0.4 is 0 Å². The van der Waals surface area contributed by atoms with Gasteiger partial charge in [-0.15, -0.1) is 11.8 Å². The molecule has 1 fully saturated rings. The first-order valence-electron chi connectivity index (χ1n) is 7.21. The quantitative estimate of drug-likeness (QED) is 0.719. The standard InChI is InChI=1S/C17H13ClF3NOS/c18-14-6-4-11(5-7-14)15(23)22-8-9-24-16(22)12-2-1-3-13(10-12)17(19,20)21/h1-7,10,16H,8-9H2/t16-/m1/s1.